The van der Waals surface area contributed by atoms with Crippen LogP contribution in [0, 0.1) is 0 Å². The van der Waals surface area contributed by atoms with Crippen molar-refractivity contribution in [2.75, 3.05) is 40.9 Å². The van der Waals surface area contributed by atoms with Crippen molar-refractivity contribution in [1.82, 2.24) is 24.9 Å². The lowest BCUT2D eigenvalue weighted by atomic mass is 9.75. The Hall–Kier alpha value is -2.48. The molecular formula is C18H25N5O3. The molecule has 2 aromatic rings. The number of rotatable bonds is 5. The van der Waals surface area contributed by atoms with Crippen molar-refractivity contribution >= 4 is 6.03 Å². The van der Waals surface area contributed by atoms with Gasteiger partial charge in [-0.15, -0.1) is 0 Å². The highest BCUT2D eigenvalue weighted by Gasteiger charge is 2.41. The number of carbonyl (C=O) groups is 1. The first kappa shape index (κ1) is 18.3. The third-order valence-electron chi connectivity index (χ3n) is 4.97. The van der Waals surface area contributed by atoms with E-state index in [1.54, 1.807) is 38.5 Å². The average Bonchev–Trinajstić information content (AvgIpc) is 3.18. The van der Waals surface area contributed by atoms with Gasteiger partial charge in [0.25, 0.3) is 5.89 Å². The summed E-state index contributed by atoms with van der Waals surface area (Å²) in [5.41, 5.74) is 0.552. The molecule has 0 radical (unpaired) electrons. The van der Waals surface area contributed by atoms with E-state index in [0.29, 0.717) is 31.4 Å². The Balaban J connectivity index is 1.81. The lowest BCUT2D eigenvalue weighted by Crippen LogP contribution is -2.49. The number of aromatic nitrogens is 3. The number of amides is 2. The number of pyridine rings is 1. The first-order valence-electron chi connectivity index (χ1n) is 8.75. The molecule has 3 heterocycles. The van der Waals surface area contributed by atoms with Gasteiger partial charge in [0, 0.05) is 58.7 Å². The van der Waals surface area contributed by atoms with Crippen molar-refractivity contribution in [1.29, 1.82) is 0 Å². The Kier molecular flexibility index (Phi) is 5.51. The third-order valence-corrected chi connectivity index (χ3v) is 4.97. The fourth-order valence-corrected chi connectivity index (χ4v) is 3.34. The first-order valence-corrected chi connectivity index (χ1v) is 8.75. The molecule has 3 rings (SSSR count). The predicted octanol–water partition coefficient (Wildman–Crippen LogP) is 2.18. The van der Waals surface area contributed by atoms with Gasteiger partial charge in [-0.1, -0.05) is 5.16 Å². The molecule has 140 valence electrons. The summed E-state index contributed by atoms with van der Waals surface area (Å²) in [5.74, 6) is 1.15. The zero-order valence-corrected chi connectivity index (χ0v) is 15.5. The molecule has 0 spiro atoms. The average molecular weight is 359 g/mol. The summed E-state index contributed by atoms with van der Waals surface area (Å²) in [6, 6.07) is 3.77. The Bertz CT molecular complexity index is 723. The largest absolute Gasteiger partial charge is 0.385 e. The second kappa shape index (κ2) is 7.82. The van der Waals surface area contributed by atoms with E-state index in [0.717, 1.165) is 24.8 Å². The highest BCUT2D eigenvalue weighted by molar-refractivity contribution is 5.74. The van der Waals surface area contributed by atoms with Crippen LogP contribution in [-0.2, 0) is 10.2 Å². The minimum Gasteiger partial charge on any atom is -0.385 e. The molecule has 0 saturated carbocycles. The maximum Gasteiger partial charge on any atom is 0.319 e. The molecule has 0 atom stereocenters. The van der Waals surface area contributed by atoms with Crippen molar-refractivity contribution in [3.8, 4) is 11.5 Å². The van der Waals surface area contributed by atoms with E-state index in [1.807, 2.05) is 17.0 Å². The molecule has 2 amide bonds. The number of carbonyl (C=O) groups excluding carboxylic acids is 1. The molecule has 8 nitrogen and oxygen atoms in total. The Labute approximate surface area is 153 Å². The first-order chi connectivity index (χ1) is 12.6. The summed E-state index contributed by atoms with van der Waals surface area (Å²) in [6.07, 6.45) is 5.76. The molecule has 0 N–H and O–H groups in total. The van der Waals surface area contributed by atoms with Gasteiger partial charge < -0.3 is 19.1 Å². The lowest BCUT2D eigenvalue weighted by molar-refractivity contribution is 0.106. The molecule has 0 aromatic carbocycles. The van der Waals surface area contributed by atoms with Crippen LogP contribution in [0.4, 0.5) is 4.79 Å². The second-order valence-corrected chi connectivity index (χ2v) is 6.85. The van der Waals surface area contributed by atoms with Gasteiger partial charge in [0.1, 0.15) is 0 Å². The fraction of sp³-hybridized carbons (Fsp3) is 0.556. The number of likely N-dealkylation sites (tertiary alicyclic amines) is 1. The van der Waals surface area contributed by atoms with Gasteiger partial charge in [0.15, 0.2) is 5.82 Å². The van der Waals surface area contributed by atoms with Crippen LogP contribution in [0.15, 0.2) is 29.0 Å². The molecule has 1 fully saturated rings. The van der Waals surface area contributed by atoms with Gasteiger partial charge in [0.05, 0.1) is 5.56 Å². The number of hydrogen-bond acceptors (Lipinski definition) is 6. The number of hydrogen-bond donors (Lipinski definition) is 0. The minimum atomic E-state index is -0.247. The maximum absolute atomic E-state index is 12.2. The van der Waals surface area contributed by atoms with Crippen LogP contribution < -0.4 is 0 Å². The van der Waals surface area contributed by atoms with Crippen LogP contribution in [-0.4, -0.2) is 71.9 Å². The number of ether oxygens (including phenoxy) is 1. The molecule has 0 bridgehead atoms. The van der Waals surface area contributed by atoms with Gasteiger partial charge in [-0.05, 0) is 31.4 Å². The van der Waals surface area contributed by atoms with E-state index in [9.17, 15) is 4.79 Å². The topological polar surface area (TPSA) is 84.6 Å². The number of nitrogens with zero attached hydrogens (tertiary/aromatic N) is 5. The molecule has 0 aliphatic carbocycles. The Morgan fingerprint density at radius 1 is 1.38 bits per heavy atom. The normalized spacial score (nSPS) is 16.5. The zero-order chi connectivity index (χ0) is 18.6. The van der Waals surface area contributed by atoms with Crippen molar-refractivity contribution in [3.05, 3.63) is 30.4 Å². The monoisotopic (exact) mass is 359 g/mol. The summed E-state index contributed by atoms with van der Waals surface area (Å²) in [7, 11) is 5.23. The van der Waals surface area contributed by atoms with Gasteiger partial charge in [-0.2, -0.15) is 4.98 Å². The third kappa shape index (κ3) is 3.70. The van der Waals surface area contributed by atoms with Gasteiger partial charge in [0.2, 0.25) is 0 Å². The summed E-state index contributed by atoms with van der Waals surface area (Å²) < 4.78 is 10.8. The zero-order valence-electron chi connectivity index (χ0n) is 15.5. The predicted molar refractivity (Wildman–Crippen MR) is 95.6 cm³/mol. The quantitative estimate of drug-likeness (QED) is 0.813. The molecule has 2 aromatic heterocycles. The van der Waals surface area contributed by atoms with E-state index in [-0.39, 0.29) is 11.4 Å². The second-order valence-electron chi connectivity index (χ2n) is 6.85. The summed E-state index contributed by atoms with van der Waals surface area (Å²) in [6.45, 7) is 1.94. The van der Waals surface area contributed by atoms with E-state index in [1.165, 1.54) is 0 Å². The lowest BCUT2D eigenvalue weighted by Gasteiger charge is -2.40. The van der Waals surface area contributed by atoms with E-state index >= 15 is 0 Å². The van der Waals surface area contributed by atoms with Crippen molar-refractivity contribution in [3.63, 3.8) is 0 Å². The van der Waals surface area contributed by atoms with Crippen LogP contribution in [0.2, 0.25) is 0 Å². The molecule has 26 heavy (non-hydrogen) atoms. The highest BCUT2D eigenvalue weighted by atomic mass is 16.5. The number of piperidine rings is 1. The Morgan fingerprint density at radius 2 is 2.15 bits per heavy atom. The van der Waals surface area contributed by atoms with Gasteiger partial charge >= 0.3 is 6.03 Å². The van der Waals surface area contributed by atoms with Gasteiger partial charge in [-0.25, -0.2) is 4.79 Å². The molecule has 8 heteroatoms. The summed E-state index contributed by atoms with van der Waals surface area (Å²) in [5, 5.41) is 4.26. The Morgan fingerprint density at radius 3 is 2.77 bits per heavy atom. The van der Waals surface area contributed by atoms with Gasteiger partial charge in [-0.3, -0.25) is 4.98 Å². The van der Waals surface area contributed by atoms with Crippen molar-refractivity contribution < 1.29 is 14.1 Å². The highest BCUT2D eigenvalue weighted by Crippen LogP contribution is 2.38. The molecule has 1 saturated heterocycles. The van der Waals surface area contributed by atoms with E-state index in [4.69, 9.17) is 9.26 Å². The van der Waals surface area contributed by atoms with Crippen molar-refractivity contribution in [2.24, 2.45) is 0 Å². The smallest absolute Gasteiger partial charge is 0.319 e. The van der Waals surface area contributed by atoms with Crippen LogP contribution >= 0.6 is 0 Å². The van der Waals surface area contributed by atoms with Crippen LogP contribution in [0.25, 0.3) is 11.5 Å². The number of methoxy groups -OCH3 is 1. The maximum atomic E-state index is 12.2. The van der Waals surface area contributed by atoms with Crippen LogP contribution in [0.1, 0.15) is 25.1 Å². The fourth-order valence-electron chi connectivity index (χ4n) is 3.34. The SMILES string of the molecule is COCCC1(c2noc(-c3cccnc3)n2)CCN(C(=O)N(C)C)CC1. The van der Waals surface area contributed by atoms with E-state index in [2.05, 4.69) is 15.1 Å². The van der Waals surface area contributed by atoms with Crippen molar-refractivity contribution in [2.45, 2.75) is 24.7 Å². The molecule has 0 unspecified atom stereocenters. The standard InChI is InChI=1S/C18H25N5O3/c1-22(2)17(24)23-10-6-18(7-11-23,8-12-25-3)16-20-15(26-21-16)14-5-4-9-19-13-14/h4-5,9,13H,6-8,10-12H2,1-3H3. The van der Waals surface area contributed by atoms with E-state index < -0.39 is 0 Å². The molecule has 1 aliphatic heterocycles. The summed E-state index contributed by atoms with van der Waals surface area (Å²) in [4.78, 5) is 24.4. The van der Waals surface area contributed by atoms with Crippen LogP contribution in [0.3, 0.4) is 0 Å². The molecular weight excluding hydrogens is 334 g/mol. The van der Waals surface area contributed by atoms with Crippen LogP contribution in [0.5, 0.6) is 0 Å². The minimum absolute atomic E-state index is 0.0366. The molecule has 1 aliphatic rings. The number of urea groups is 1. The summed E-state index contributed by atoms with van der Waals surface area (Å²) >= 11 is 0.